The number of anilines is 1. The van der Waals surface area contributed by atoms with Crippen molar-refractivity contribution in [3.05, 3.63) is 53.7 Å². The van der Waals surface area contributed by atoms with E-state index in [9.17, 15) is 4.79 Å². The van der Waals surface area contributed by atoms with E-state index >= 15 is 0 Å². The highest BCUT2D eigenvalue weighted by atomic mass is 35.5. The lowest BCUT2D eigenvalue weighted by molar-refractivity contribution is -0.116. The first-order valence-electron chi connectivity index (χ1n) is 10.2. The number of rotatable bonds is 7. The molecule has 10 nitrogen and oxygen atoms in total. The van der Waals surface area contributed by atoms with E-state index < -0.39 is 0 Å². The molecule has 4 aromatic rings. The summed E-state index contributed by atoms with van der Waals surface area (Å²) >= 11 is 6.19. The molecule has 0 fully saturated rings. The van der Waals surface area contributed by atoms with Gasteiger partial charge in [0.15, 0.2) is 11.5 Å². The number of fused-ring (bicyclic) bond motifs is 1. The predicted molar refractivity (Wildman–Crippen MR) is 122 cm³/mol. The Bertz CT molecular complexity index is 1370. The van der Waals surface area contributed by atoms with Gasteiger partial charge < -0.3 is 33.4 Å². The second-order valence-electron chi connectivity index (χ2n) is 7.25. The minimum absolute atomic E-state index is 0.00310. The molecule has 34 heavy (non-hydrogen) atoms. The Morgan fingerprint density at radius 1 is 1.12 bits per heavy atom. The number of carbonyl (C=O) groups is 1. The zero-order chi connectivity index (χ0) is 23.7. The van der Waals surface area contributed by atoms with Crippen molar-refractivity contribution in [1.29, 1.82) is 0 Å². The van der Waals surface area contributed by atoms with Crippen molar-refractivity contribution in [2.75, 3.05) is 26.3 Å². The largest absolute Gasteiger partial charge is 0.495 e. The van der Waals surface area contributed by atoms with Crippen LogP contribution in [-0.4, -0.2) is 41.6 Å². The molecular weight excluding hydrogens is 464 g/mol. The van der Waals surface area contributed by atoms with Crippen LogP contribution in [0.4, 0.5) is 5.69 Å². The number of benzene rings is 2. The van der Waals surface area contributed by atoms with Crippen molar-refractivity contribution in [3.8, 4) is 46.0 Å². The number of aromatic nitrogens is 3. The Morgan fingerprint density at radius 3 is 2.76 bits per heavy atom. The van der Waals surface area contributed by atoms with Crippen LogP contribution >= 0.6 is 11.6 Å². The highest BCUT2D eigenvalue weighted by Gasteiger charge is 2.19. The lowest BCUT2D eigenvalue weighted by atomic mass is 10.2. The SMILES string of the molecule is COc1cc(OC)c(NC(=O)Cn2cccc2-c2nc(-c3ccc4c(c3)OCO4)no2)cc1Cl. The Morgan fingerprint density at radius 2 is 1.94 bits per heavy atom. The van der Waals surface area contributed by atoms with Gasteiger partial charge in [0.1, 0.15) is 23.7 Å². The van der Waals surface area contributed by atoms with Gasteiger partial charge in [-0.25, -0.2) is 0 Å². The first kappa shape index (κ1) is 21.7. The highest BCUT2D eigenvalue weighted by Crippen LogP contribution is 2.37. The topological polar surface area (TPSA) is 110 Å². The van der Waals surface area contributed by atoms with Gasteiger partial charge in [-0.15, -0.1) is 0 Å². The third kappa shape index (κ3) is 4.11. The van der Waals surface area contributed by atoms with Gasteiger partial charge in [-0.3, -0.25) is 4.79 Å². The molecule has 1 aliphatic rings. The fraction of sp³-hybridized carbons (Fsp3) is 0.174. The molecule has 2 aromatic heterocycles. The third-order valence-corrected chi connectivity index (χ3v) is 5.46. The lowest BCUT2D eigenvalue weighted by Crippen LogP contribution is -2.19. The summed E-state index contributed by atoms with van der Waals surface area (Å²) in [6.07, 6.45) is 1.75. The minimum Gasteiger partial charge on any atom is -0.495 e. The Balaban J connectivity index is 1.34. The number of nitrogens with zero attached hydrogens (tertiary/aromatic N) is 3. The normalized spacial score (nSPS) is 12.0. The van der Waals surface area contributed by atoms with E-state index in [0.717, 1.165) is 5.56 Å². The van der Waals surface area contributed by atoms with Crippen molar-refractivity contribution in [1.82, 2.24) is 14.7 Å². The summed E-state index contributed by atoms with van der Waals surface area (Å²) in [5.74, 6) is 2.53. The molecule has 1 N–H and O–H groups in total. The number of hydrogen-bond acceptors (Lipinski definition) is 8. The van der Waals surface area contributed by atoms with Crippen LogP contribution in [-0.2, 0) is 11.3 Å². The average Bonchev–Trinajstić information content (AvgIpc) is 3.59. The van der Waals surface area contributed by atoms with E-state index in [-0.39, 0.29) is 25.1 Å². The first-order valence-corrected chi connectivity index (χ1v) is 10.5. The Kier molecular flexibility index (Phi) is 5.72. The Hall–Kier alpha value is -4.18. The van der Waals surface area contributed by atoms with Crippen LogP contribution in [0.25, 0.3) is 23.0 Å². The fourth-order valence-electron chi connectivity index (χ4n) is 3.53. The maximum atomic E-state index is 12.8. The first-order chi connectivity index (χ1) is 16.6. The molecule has 0 unspecified atom stereocenters. The van der Waals surface area contributed by atoms with Crippen LogP contribution in [0.5, 0.6) is 23.0 Å². The summed E-state index contributed by atoms with van der Waals surface area (Å²) < 4.78 is 28.4. The van der Waals surface area contributed by atoms with Gasteiger partial charge in [-0.2, -0.15) is 4.98 Å². The molecule has 3 heterocycles. The summed E-state index contributed by atoms with van der Waals surface area (Å²) in [6.45, 7) is 0.178. The molecule has 0 aliphatic carbocycles. The standard InChI is InChI=1S/C23H19ClN4O6/c1-30-18-10-19(31-2)15(9-14(18)24)25-21(29)11-28-7-3-4-16(28)23-26-22(27-34-23)13-5-6-17-20(8-13)33-12-32-17/h3-10H,11-12H2,1-2H3,(H,25,29). The summed E-state index contributed by atoms with van der Waals surface area (Å²) in [6, 6.07) is 12.2. The summed E-state index contributed by atoms with van der Waals surface area (Å²) in [5, 5.41) is 7.22. The number of halogens is 1. The number of methoxy groups -OCH3 is 2. The number of hydrogen-bond donors (Lipinski definition) is 1. The van der Waals surface area contributed by atoms with Gasteiger partial charge in [0.2, 0.25) is 18.5 Å². The molecule has 11 heteroatoms. The Labute approximate surface area is 198 Å². The molecule has 0 spiro atoms. The summed E-state index contributed by atoms with van der Waals surface area (Å²) in [5.41, 5.74) is 1.74. The van der Waals surface area contributed by atoms with Crippen molar-refractivity contribution >= 4 is 23.2 Å². The second kappa shape index (κ2) is 8.99. The minimum atomic E-state index is -0.299. The molecule has 0 bridgehead atoms. The van der Waals surface area contributed by atoms with Gasteiger partial charge in [0.25, 0.3) is 5.89 Å². The molecular formula is C23H19ClN4O6. The van der Waals surface area contributed by atoms with Gasteiger partial charge in [-0.05, 0) is 36.4 Å². The number of ether oxygens (including phenoxy) is 4. The molecule has 0 saturated carbocycles. The van der Waals surface area contributed by atoms with Crippen molar-refractivity contribution in [2.45, 2.75) is 6.54 Å². The fourth-order valence-corrected chi connectivity index (χ4v) is 3.77. The maximum Gasteiger partial charge on any atom is 0.274 e. The van der Waals surface area contributed by atoms with E-state index in [1.54, 1.807) is 47.2 Å². The van der Waals surface area contributed by atoms with Gasteiger partial charge in [0.05, 0.1) is 24.9 Å². The van der Waals surface area contributed by atoms with Crippen LogP contribution in [0, 0.1) is 0 Å². The monoisotopic (exact) mass is 482 g/mol. The number of amides is 1. The van der Waals surface area contributed by atoms with E-state index in [4.69, 9.17) is 35.1 Å². The molecule has 0 atom stereocenters. The van der Waals surface area contributed by atoms with Crippen molar-refractivity contribution in [2.24, 2.45) is 0 Å². The molecule has 174 valence electrons. The second-order valence-corrected chi connectivity index (χ2v) is 7.65. The third-order valence-electron chi connectivity index (χ3n) is 5.17. The van der Waals surface area contributed by atoms with Crippen molar-refractivity contribution in [3.63, 3.8) is 0 Å². The smallest absolute Gasteiger partial charge is 0.274 e. The van der Waals surface area contributed by atoms with Crippen LogP contribution in [0.1, 0.15) is 0 Å². The molecule has 0 radical (unpaired) electrons. The maximum absolute atomic E-state index is 12.8. The van der Waals surface area contributed by atoms with Crippen LogP contribution in [0.15, 0.2) is 53.2 Å². The van der Waals surface area contributed by atoms with Gasteiger partial charge in [-0.1, -0.05) is 16.8 Å². The van der Waals surface area contributed by atoms with Crippen molar-refractivity contribution < 1.29 is 28.3 Å². The lowest BCUT2D eigenvalue weighted by Gasteiger charge is -2.13. The van der Waals surface area contributed by atoms with E-state index in [2.05, 4.69) is 15.5 Å². The van der Waals surface area contributed by atoms with Gasteiger partial charge >= 0.3 is 0 Å². The predicted octanol–water partition coefficient (Wildman–Crippen LogP) is 4.24. The zero-order valence-electron chi connectivity index (χ0n) is 18.2. The molecule has 1 amide bonds. The molecule has 5 rings (SSSR count). The zero-order valence-corrected chi connectivity index (χ0v) is 19.0. The summed E-state index contributed by atoms with van der Waals surface area (Å²) in [7, 11) is 3.00. The molecule has 0 saturated heterocycles. The number of carbonyl (C=O) groups excluding carboxylic acids is 1. The quantitative estimate of drug-likeness (QED) is 0.416. The van der Waals surface area contributed by atoms with E-state index in [1.807, 2.05) is 6.07 Å². The number of nitrogens with one attached hydrogen (secondary N) is 1. The molecule has 1 aliphatic heterocycles. The summed E-state index contributed by atoms with van der Waals surface area (Å²) in [4.78, 5) is 17.3. The van der Waals surface area contributed by atoms with Gasteiger partial charge in [0, 0.05) is 17.8 Å². The van der Waals surface area contributed by atoms with Crippen LogP contribution in [0.2, 0.25) is 5.02 Å². The van der Waals surface area contributed by atoms with Crippen LogP contribution in [0.3, 0.4) is 0 Å². The average molecular weight is 483 g/mol. The highest BCUT2D eigenvalue weighted by molar-refractivity contribution is 6.32. The van der Waals surface area contributed by atoms with E-state index in [0.29, 0.717) is 45.2 Å². The van der Waals surface area contributed by atoms with Crippen LogP contribution < -0.4 is 24.3 Å². The van der Waals surface area contributed by atoms with E-state index in [1.165, 1.54) is 14.2 Å². The molecule has 2 aromatic carbocycles.